The van der Waals surface area contributed by atoms with E-state index in [0.717, 1.165) is 38.2 Å². The van der Waals surface area contributed by atoms with Gasteiger partial charge in [0.25, 0.3) is 5.91 Å². The molecule has 0 radical (unpaired) electrons. The van der Waals surface area contributed by atoms with E-state index in [-0.39, 0.29) is 23.7 Å². The Morgan fingerprint density at radius 2 is 1.87 bits per heavy atom. The molecule has 0 saturated carbocycles. The number of benzene rings is 1. The number of rotatable bonds is 6. The van der Waals surface area contributed by atoms with Crippen LogP contribution >= 0.6 is 11.3 Å². The van der Waals surface area contributed by atoms with E-state index < -0.39 is 0 Å². The number of aromatic nitrogens is 1. The maximum Gasteiger partial charge on any atom is 0.273 e. The molecule has 2 aliphatic heterocycles. The smallest absolute Gasteiger partial charge is 0.273 e. The summed E-state index contributed by atoms with van der Waals surface area (Å²) in [5.74, 6) is 2.32. The molecule has 2 amide bonds. The average Bonchev–Trinajstić information content (AvgIpc) is 3.48. The van der Waals surface area contributed by atoms with E-state index in [1.807, 2.05) is 59.4 Å². The van der Waals surface area contributed by atoms with Crippen LogP contribution in [0.1, 0.15) is 37.2 Å². The zero-order valence-corrected chi connectivity index (χ0v) is 19.1. The minimum Gasteiger partial charge on any atom is -0.493 e. The van der Waals surface area contributed by atoms with Gasteiger partial charge in [0, 0.05) is 43.4 Å². The number of nitrogens with zero attached hydrogens (tertiary/aromatic N) is 3. The number of hydrogen-bond acceptors (Lipinski definition) is 5. The third-order valence-corrected chi connectivity index (χ3v) is 7.17. The highest BCUT2D eigenvalue weighted by molar-refractivity contribution is 7.07. The Labute approximate surface area is 188 Å². The topological polar surface area (TPSA) is 62.7 Å². The zero-order valence-electron chi connectivity index (χ0n) is 18.3. The van der Waals surface area contributed by atoms with Crippen molar-refractivity contribution in [2.75, 3.05) is 32.8 Å². The largest absolute Gasteiger partial charge is 0.493 e. The molecule has 4 rings (SSSR count). The maximum atomic E-state index is 12.9. The van der Waals surface area contributed by atoms with Gasteiger partial charge in [0.15, 0.2) is 0 Å². The second-order valence-corrected chi connectivity index (χ2v) is 9.67. The van der Waals surface area contributed by atoms with Gasteiger partial charge in [-0.25, -0.2) is 4.98 Å². The van der Waals surface area contributed by atoms with Crippen LogP contribution in [0.25, 0.3) is 0 Å². The number of likely N-dealkylation sites (tertiary alicyclic amines) is 2. The molecule has 2 atom stereocenters. The van der Waals surface area contributed by atoms with Crippen molar-refractivity contribution in [3.63, 3.8) is 0 Å². The van der Waals surface area contributed by atoms with E-state index in [4.69, 9.17) is 4.74 Å². The first-order valence-electron chi connectivity index (χ1n) is 11.2. The van der Waals surface area contributed by atoms with Crippen molar-refractivity contribution in [2.45, 2.75) is 26.7 Å². The second-order valence-electron chi connectivity index (χ2n) is 8.95. The SMILES string of the molecule is CC(C)C(=O)N1CCC(C2CN(C(=O)c3cscn3)CC2COc2ccccc2)CC1. The lowest BCUT2D eigenvalue weighted by molar-refractivity contribution is -0.136. The molecule has 3 heterocycles. The summed E-state index contributed by atoms with van der Waals surface area (Å²) in [6.07, 6.45) is 1.98. The summed E-state index contributed by atoms with van der Waals surface area (Å²) in [6.45, 7) is 7.57. The van der Waals surface area contributed by atoms with Crippen LogP contribution in [0.2, 0.25) is 0 Å². The van der Waals surface area contributed by atoms with Crippen molar-refractivity contribution in [1.82, 2.24) is 14.8 Å². The Morgan fingerprint density at radius 3 is 2.52 bits per heavy atom. The first-order chi connectivity index (χ1) is 15.0. The number of amides is 2. The molecular formula is C24H31N3O3S. The summed E-state index contributed by atoms with van der Waals surface area (Å²) >= 11 is 1.45. The molecule has 166 valence electrons. The van der Waals surface area contributed by atoms with Crippen LogP contribution in [-0.2, 0) is 4.79 Å². The molecule has 0 N–H and O–H groups in total. The van der Waals surface area contributed by atoms with Crippen molar-refractivity contribution < 1.29 is 14.3 Å². The molecule has 2 saturated heterocycles. The maximum absolute atomic E-state index is 12.9. The first-order valence-corrected chi connectivity index (χ1v) is 12.1. The van der Waals surface area contributed by atoms with Gasteiger partial charge in [0.2, 0.25) is 5.91 Å². The minimum atomic E-state index is 0.0147. The number of thiazole rings is 1. The van der Waals surface area contributed by atoms with Gasteiger partial charge in [-0.3, -0.25) is 9.59 Å². The molecule has 2 aliphatic rings. The lowest BCUT2D eigenvalue weighted by Gasteiger charge is -2.37. The quantitative estimate of drug-likeness (QED) is 0.684. The highest BCUT2D eigenvalue weighted by Crippen LogP contribution is 2.37. The fraction of sp³-hybridized carbons (Fsp3) is 0.542. The van der Waals surface area contributed by atoms with Crippen LogP contribution in [-0.4, -0.2) is 59.4 Å². The lowest BCUT2D eigenvalue weighted by atomic mass is 9.78. The number of carbonyl (C=O) groups excluding carboxylic acids is 2. The van der Waals surface area contributed by atoms with Gasteiger partial charge < -0.3 is 14.5 Å². The standard InChI is InChI=1S/C24H31N3O3S/c1-17(2)23(28)26-10-8-18(9-11-26)21-13-27(24(29)22-15-31-16-25-22)12-19(21)14-30-20-6-4-3-5-7-20/h3-7,15-19,21H,8-14H2,1-2H3. The molecular weight excluding hydrogens is 410 g/mol. The van der Waals surface area contributed by atoms with E-state index in [1.165, 1.54) is 11.3 Å². The molecule has 7 heteroatoms. The highest BCUT2D eigenvalue weighted by atomic mass is 32.1. The molecule has 1 aromatic carbocycles. The van der Waals surface area contributed by atoms with E-state index in [2.05, 4.69) is 4.98 Å². The van der Waals surface area contributed by atoms with Gasteiger partial charge in [0.05, 0.1) is 12.1 Å². The average molecular weight is 442 g/mol. The van der Waals surface area contributed by atoms with Crippen molar-refractivity contribution in [2.24, 2.45) is 23.7 Å². The molecule has 2 unspecified atom stereocenters. The number of hydrogen-bond donors (Lipinski definition) is 0. The van der Waals surface area contributed by atoms with Crippen LogP contribution in [0, 0.1) is 23.7 Å². The molecule has 6 nitrogen and oxygen atoms in total. The molecule has 0 spiro atoms. The van der Waals surface area contributed by atoms with Crippen molar-refractivity contribution in [1.29, 1.82) is 0 Å². The van der Waals surface area contributed by atoms with Crippen LogP contribution < -0.4 is 4.74 Å². The van der Waals surface area contributed by atoms with Crippen molar-refractivity contribution >= 4 is 23.2 Å². The van der Waals surface area contributed by atoms with Crippen LogP contribution in [0.15, 0.2) is 41.2 Å². The van der Waals surface area contributed by atoms with Crippen LogP contribution in [0.5, 0.6) is 5.75 Å². The number of para-hydroxylation sites is 1. The Hall–Kier alpha value is -2.41. The Balaban J connectivity index is 1.43. The summed E-state index contributed by atoms with van der Waals surface area (Å²) in [7, 11) is 0. The van der Waals surface area contributed by atoms with Gasteiger partial charge in [-0.05, 0) is 36.8 Å². The fourth-order valence-electron chi connectivity index (χ4n) is 4.89. The first kappa shape index (κ1) is 21.8. The zero-order chi connectivity index (χ0) is 21.8. The third-order valence-electron chi connectivity index (χ3n) is 6.59. The van der Waals surface area contributed by atoms with Gasteiger partial charge in [-0.15, -0.1) is 11.3 Å². The van der Waals surface area contributed by atoms with Crippen LogP contribution in [0.3, 0.4) is 0 Å². The molecule has 31 heavy (non-hydrogen) atoms. The van der Waals surface area contributed by atoms with Crippen LogP contribution in [0.4, 0.5) is 0 Å². The predicted octanol–water partition coefficient (Wildman–Crippen LogP) is 3.80. The highest BCUT2D eigenvalue weighted by Gasteiger charge is 2.42. The summed E-state index contributed by atoms with van der Waals surface area (Å²) in [4.78, 5) is 33.5. The molecule has 2 aromatic rings. The van der Waals surface area contributed by atoms with Gasteiger partial charge in [0.1, 0.15) is 11.4 Å². The van der Waals surface area contributed by atoms with Gasteiger partial charge in [-0.1, -0.05) is 32.0 Å². The molecule has 2 fully saturated rings. The molecule has 0 bridgehead atoms. The summed E-state index contributed by atoms with van der Waals surface area (Å²) in [5, 5.41) is 1.82. The third kappa shape index (κ3) is 5.09. The number of piperidine rings is 1. The van der Waals surface area contributed by atoms with E-state index in [0.29, 0.717) is 30.7 Å². The minimum absolute atomic E-state index is 0.0147. The Kier molecular flexibility index (Phi) is 6.90. The van der Waals surface area contributed by atoms with E-state index >= 15 is 0 Å². The van der Waals surface area contributed by atoms with Gasteiger partial charge >= 0.3 is 0 Å². The predicted molar refractivity (Wildman–Crippen MR) is 121 cm³/mol. The van der Waals surface area contributed by atoms with E-state index in [1.54, 1.807) is 5.51 Å². The Morgan fingerprint density at radius 1 is 1.13 bits per heavy atom. The summed E-state index contributed by atoms with van der Waals surface area (Å²) in [6, 6.07) is 9.87. The molecule has 1 aromatic heterocycles. The number of carbonyl (C=O) groups is 2. The summed E-state index contributed by atoms with van der Waals surface area (Å²) < 4.78 is 6.10. The summed E-state index contributed by atoms with van der Waals surface area (Å²) in [5.41, 5.74) is 2.24. The molecule has 0 aliphatic carbocycles. The van der Waals surface area contributed by atoms with Crippen molar-refractivity contribution in [3.8, 4) is 5.75 Å². The van der Waals surface area contributed by atoms with Gasteiger partial charge in [-0.2, -0.15) is 0 Å². The normalized spacial score (nSPS) is 22.2. The number of ether oxygens (including phenoxy) is 1. The van der Waals surface area contributed by atoms with E-state index in [9.17, 15) is 9.59 Å². The van der Waals surface area contributed by atoms with Crippen molar-refractivity contribution in [3.05, 3.63) is 46.9 Å². The fourth-order valence-corrected chi connectivity index (χ4v) is 5.41. The Bertz CT molecular complexity index is 863. The monoisotopic (exact) mass is 441 g/mol. The lowest BCUT2D eigenvalue weighted by Crippen LogP contribution is -2.43. The second kappa shape index (κ2) is 9.81.